The normalized spacial score (nSPS) is 15.4. The zero-order chi connectivity index (χ0) is 17.2. The van der Waals surface area contributed by atoms with E-state index in [0.717, 1.165) is 56.0 Å². The summed E-state index contributed by atoms with van der Waals surface area (Å²) in [6.07, 6.45) is 8.91. The van der Waals surface area contributed by atoms with E-state index in [1.54, 1.807) is 0 Å². The Kier molecular flexibility index (Phi) is 8.31. The molecule has 0 aliphatic carbocycles. The Morgan fingerprint density at radius 2 is 1.92 bits per heavy atom. The molecule has 1 aliphatic heterocycles. The van der Waals surface area contributed by atoms with Crippen LogP contribution in [0.1, 0.15) is 74.7 Å². The molecule has 0 unspecified atom stereocenters. The van der Waals surface area contributed by atoms with Crippen LogP contribution in [0, 0.1) is 0 Å². The topological polar surface area (TPSA) is 29.5 Å². The number of rotatable bonds is 10. The third-order valence-electron chi connectivity index (χ3n) is 4.87. The van der Waals surface area contributed by atoms with Crippen molar-refractivity contribution >= 4 is 5.78 Å². The molecule has 0 aromatic heterocycles. The van der Waals surface area contributed by atoms with Gasteiger partial charge in [0.2, 0.25) is 0 Å². The van der Waals surface area contributed by atoms with Gasteiger partial charge in [-0.15, -0.1) is 0 Å². The van der Waals surface area contributed by atoms with Crippen molar-refractivity contribution in [1.29, 1.82) is 0 Å². The van der Waals surface area contributed by atoms with Gasteiger partial charge in [-0.25, -0.2) is 0 Å². The maximum absolute atomic E-state index is 12.5. The van der Waals surface area contributed by atoms with E-state index in [-0.39, 0.29) is 5.78 Å². The van der Waals surface area contributed by atoms with Crippen LogP contribution in [0.25, 0.3) is 0 Å². The molecule has 0 radical (unpaired) electrons. The van der Waals surface area contributed by atoms with Crippen LogP contribution in [0.3, 0.4) is 0 Å². The minimum Gasteiger partial charge on any atom is -0.493 e. The number of likely N-dealkylation sites (tertiary alicyclic amines) is 1. The van der Waals surface area contributed by atoms with Gasteiger partial charge >= 0.3 is 0 Å². The molecule has 3 nitrogen and oxygen atoms in total. The van der Waals surface area contributed by atoms with Crippen LogP contribution < -0.4 is 4.74 Å². The zero-order valence-electron chi connectivity index (χ0n) is 15.5. The lowest BCUT2D eigenvalue weighted by Gasteiger charge is -2.26. The molecule has 2 rings (SSSR count). The first-order chi connectivity index (χ1) is 11.7. The van der Waals surface area contributed by atoms with E-state index in [0.29, 0.717) is 6.42 Å². The summed E-state index contributed by atoms with van der Waals surface area (Å²) in [5.74, 6) is 1.20. The number of nitrogens with zero attached hydrogens (tertiary/aromatic N) is 1. The molecular formula is C21H33NO2. The lowest BCUT2D eigenvalue weighted by atomic mass is 10.0. The maximum atomic E-state index is 12.5. The van der Waals surface area contributed by atoms with Gasteiger partial charge in [-0.1, -0.05) is 33.1 Å². The Balaban J connectivity index is 1.88. The molecule has 1 heterocycles. The van der Waals surface area contributed by atoms with Crippen LogP contribution in [-0.2, 0) is 6.42 Å². The fourth-order valence-corrected chi connectivity index (χ4v) is 3.29. The van der Waals surface area contributed by atoms with Crippen molar-refractivity contribution in [2.45, 2.75) is 65.2 Å². The van der Waals surface area contributed by atoms with Gasteiger partial charge < -0.3 is 9.64 Å². The van der Waals surface area contributed by atoms with Crippen molar-refractivity contribution in [2.24, 2.45) is 0 Å². The lowest BCUT2D eigenvalue weighted by Crippen LogP contribution is -2.31. The number of benzene rings is 1. The Hall–Kier alpha value is -1.35. The van der Waals surface area contributed by atoms with Gasteiger partial charge in [-0.2, -0.15) is 0 Å². The number of ketones is 1. The number of hydrogen-bond donors (Lipinski definition) is 0. The second-order valence-corrected chi connectivity index (χ2v) is 6.81. The molecule has 1 aliphatic rings. The highest BCUT2D eigenvalue weighted by molar-refractivity contribution is 5.96. The van der Waals surface area contributed by atoms with Crippen molar-refractivity contribution in [2.75, 3.05) is 26.2 Å². The van der Waals surface area contributed by atoms with Crippen molar-refractivity contribution in [3.63, 3.8) is 0 Å². The summed E-state index contributed by atoms with van der Waals surface area (Å²) >= 11 is 0. The molecule has 1 aromatic carbocycles. The average molecular weight is 332 g/mol. The first-order valence-corrected chi connectivity index (χ1v) is 9.75. The number of carbonyl (C=O) groups is 1. The standard InChI is InChI=1S/C21H33NO2/c1-3-5-9-16-24-21-11-10-19(17-18(21)4-2)20(23)12-15-22-13-7-6-8-14-22/h10-11,17H,3-9,12-16H2,1-2H3. The van der Waals surface area contributed by atoms with Crippen molar-refractivity contribution < 1.29 is 9.53 Å². The quantitative estimate of drug-likeness (QED) is 0.452. The van der Waals surface area contributed by atoms with Gasteiger partial charge in [-0.05, 0) is 62.5 Å². The molecule has 0 spiro atoms. The lowest BCUT2D eigenvalue weighted by molar-refractivity contribution is 0.0958. The molecule has 0 amide bonds. The highest BCUT2D eigenvalue weighted by Gasteiger charge is 2.14. The Labute approximate surface area is 147 Å². The molecule has 0 saturated carbocycles. The predicted molar refractivity (Wildman–Crippen MR) is 100 cm³/mol. The summed E-state index contributed by atoms with van der Waals surface area (Å²) in [4.78, 5) is 14.9. The predicted octanol–water partition coefficient (Wildman–Crippen LogP) is 4.88. The van der Waals surface area contributed by atoms with Crippen molar-refractivity contribution in [3.05, 3.63) is 29.3 Å². The highest BCUT2D eigenvalue weighted by Crippen LogP contribution is 2.22. The van der Waals surface area contributed by atoms with E-state index in [9.17, 15) is 4.79 Å². The van der Waals surface area contributed by atoms with Crippen molar-refractivity contribution in [1.82, 2.24) is 4.90 Å². The maximum Gasteiger partial charge on any atom is 0.164 e. The van der Waals surface area contributed by atoms with E-state index in [4.69, 9.17) is 4.74 Å². The van der Waals surface area contributed by atoms with E-state index >= 15 is 0 Å². The summed E-state index contributed by atoms with van der Waals surface area (Å²) in [6, 6.07) is 5.96. The summed E-state index contributed by atoms with van der Waals surface area (Å²) in [5, 5.41) is 0. The number of unbranched alkanes of at least 4 members (excludes halogenated alkanes) is 2. The van der Waals surface area contributed by atoms with Crippen LogP contribution in [-0.4, -0.2) is 36.9 Å². The van der Waals surface area contributed by atoms with Crippen molar-refractivity contribution in [3.8, 4) is 5.75 Å². The van der Waals surface area contributed by atoms with E-state index < -0.39 is 0 Å². The molecule has 1 fully saturated rings. The van der Waals surface area contributed by atoms with Crippen LogP contribution in [0.2, 0.25) is 0 Å². The molecule has 0 N–H and O–H groups in total. The Bertz CT molecular complexity index is 507. The van der Waals surface area contributed by atoms with E-state index in [1.807, 2.05) is 18.2 Å². The summed E-state index contributed by atoms with van der Waals surface area (Å²) in [5.41, 5.74) is 1.99. The molecule has 1 aromatic rings. The van der Waals surface area contributed by atoms with Gasteiger partial charge in [0.15, 0.2) is 5.78 Å². The SMILES string of the molecule is CCCCCOc1ccc(C(=O)CCN2CCCCC2)cc1CC. The number of carbonyl (C=O) groups excluding carboxylic acids is 1. The van der Waals surface area contributed by atoms with Gasteiger partial charge in [0, 0.05) is 18.5 Å². The molecule has 134 valence electrons. The van der Waals surface area contributed by atoms with Crippen LogP contribution >= 0.6 is 0 Å². The summed E-state index contributed by atoms with van der Waals surface area (Å²) < 4.78 is 5.90. The monoisotopic (exact) mass is 331 g/mol. The zero-order valence-corrected chi connectivity index (χ0v) is 15.5. The van der Waals surface area contributed by atoms with Gasteiger partial charge in [0.25, 0.3) is 0 Å². The molecule has 0 atom stereocenters. The van der Waals surface area contributed by atoms with E-state index in [1.165, 1.54) is 32.1 Å². The summed E-state index contributed by atoms with van der Waals surface area (Å²) in [7, 11) is 0. The number of aryl methyl sites for hydroxylation is 1. The van der Waals surface area contributed by atoms with Gasteiger partial charge in [0.1, 0.15) is 5.75 Å². The molecular weight excluding hydrogens is 298 g/mol. The highest BCUT2D eigenvalue weighted by atomic mass is 16.5. The minimum atomic E-state index is 0.257. The summed E-state index contributed by atoms with van der Waals surface area (Å²) in [6.45, 7) is 8.28. The number of ether oxygens (including phenoxy) is 1. The van der Waals surface area contributed by atoms with Gasteiger partial charge in [0.05, 0.1) is 6.61 Å². The first kappa shape index (κ1) is 19.0. The molecule has 24 heavy (non-hydrogen) atoms. The molecule has 1 saturated heterocycles. The third-order valence-corrected chi connectivity index (χ3v) is 4.87. The van der Waals surface area contributed by atoms with Crippen LogP contribution in [0.15, 0.2) is 18.2 Å². The third kappa shape index (κ3) is 5.94. The average Bonchev–Trinajstić information content (AvgIpc) is 2.64. The second-order valence-electron chi connectivity index (χ2n) is 6.81. The first-order valence-electron chi connectivity index (χ1n) is 9.75. The fourth-order valence-electron chi connectivity index (χ4n) is 3.29. The van der Waals surface area contributed by atoms with Gasteiger partial charge in [-0.3, -0.25) is 4.79 Å². The Morgan fingerprint density at radius 1 is 1.12 bits per heavy atom. The second kappa shape index (κ2) is 10.5. The van der Waals surface area contributed by atoms with Crippen LogP contribution in [0.5, 0.6) is 5.75 Å². The Morgan fingerprint density at radius 3 is 2.62 bits per heavy atom. The largest absolute Gasteiger partial charge is 0.493 e. The number of Topliss-reactive ketones (excluding diaryl/α,β-unsaturated/α-hetero) is 1. The number of hydrogen-bond acceptors (Lipinski definition) is 3. The molecule has 3 heteroatoms. The molecule has 0 bridgehead atoms. The smallest absolute Gasteiger partial charge is 0.164 e. The number of piperidine rings is 1. The van der Waals surface area contributed by atoms with Crippen LogP contribution in [0.4, 0.5) is 0 Å². The minimum absolute atomic E-state index is 0.257. The fraction of sp³-hybridized carbons (Fsp3) is 0.667. The van der Waals surface area contributed by atoms with E-state index in [2.05, 4.69) is 18.7 Å².